The lowest BCUT2D eigenvalue weighted by Crippen LogP contribution is -2.34. The van der Waals surface area contributed by atoms with Crippen LogP contribution in [0.25, 0.3) is 0 Å². The lowest BCUT2D eigenvalue weighted by atomic mass is 10.1. The lowest BCUT2D eigenvalue weighted by Gasteiger charge is -2.16. The first kappa shape index (κ1) is 21.4. The smallest absolute Gasteiger partial charge is 0.261 e. The molecule has 0 bridgehead atoms. The third kappa shape index (κ3) is 6.04. The Morgan fingerprint density at radius 1 is 1.15 bits per heavy atom. The second-order valence-corrected chi connectivity index (χ2v) is 8.35. The maximum atomic E-state index is 12.7. The zero-order chi connectivity index (χ0) is 20.1. The molecule has 0 unspecified atom stereocenters. The van der Waals surface area contributed by atoms with Crippen molar-refractivity contribution in [1.29, 1.82) is 0 Å². The van der Waals surface area contributed by atoms with E-state index in [1.807, 2.05) is 19.9 Å². The number of rotatable bonds is 5. The van der Waals surface area contributed by atoms with E-state index in [4.69, 9.17) is 17.0 Å². The van der Waals surface area contributed by atoms with Crippen LogP contribution in [0.5, 0.6) is 5.75 Å². The van der Waals surface area contributed by atoms with Gasteiger partial charge in [-0.25, -0.2) is 0 Å². The fourth-order valence-electron chi connectivity index (χ4n) is 2.75. The summed E-state index contributed by atoms with van der Waals surface area (Å²) in [4.78, 5) is 12.7. The predicted octanol–water partition coefficient (Wildman–Crippen LogP) is 5.54. The monoisotopic (exact) mass is 448 g/mol. The minimum atomic E-state index is -0.310. The molecule has 0 aliphatic carbocycles. The first-order valence-corrected chi connectivity index (χ1v) is 10.00. The van der Waals surface area contributed by atoms with Crippen molar-refractivity contribution >= 4 is 44.9 Å². The molecule has 2 rings (SSSR count). The minimum absolute atomic E-state index is 0.254. The number of halogens is 1. The predicted molar refractivity (Wildman–Crippen MR) is 119 cm³/mol. The number of amides is 1. The normalized spacial score (nSPS) is 10.6. The van der Waals surface area contributed by atoms with E-state index in [0.29, 0.717) is 23.8 Å². The molecule has 2 N–H and O–H groups in total. The van der Waals surface area contributed by atoms with Crippen molar-refractivity contribution in [2.24, 2.45) is 5.92 Å². The van der Waals surface area contributed by atoms with Crippen LogP contribution in [0.1, 0.15) is 40.9 Å². The van der Waals surface area contributed by atoms with Gasteiger partial charge < -0.3 is 10.1 Å². The van der Waals surface area contributed by atoms with Gasteiger partial charge >= 0.3 is 0 Å². The zero-order valence-electron chi connectivity index (χ0n) is 16.3. The van der Waals surface area contributed by atoms with Gasteiger partial charge in [-0.1, -0.05) is 47.5 Å². The van der Waals surface area contributed by atoms with E-state index in [1.165, 1.54) is 5.56 Å². The number of anilines is 1. The van der Waals surface area contributed by atoms with Gasteiger partial charge in [0.25, 0.3) is 5.91 Å². The molecule has 27 heavy (non-hydrogen) atoms. The van der Waals surface area contributed by atoms with Crippen LogP contribution < -0.4 is 15.4 Å². The number of nitrogens with one attached hydrogen (secondary N) is 2. The van der Waals surface area contributed by atoms with Crippen LogP contribution in [0.2, 0.25) is 0 Å². The van der Waals surface area contributed by atoms with Crippen molar-refractivity contribution in [1.82, 2.24) is 5.32 Å². The summed E-state index contributed by atoms with van der Waals surface area (Å²) in [5.41, 5.74) is 4.69. The number of thiocarbonyl (C=S) groups is 1. The number of benzene rings is 2. The third-order valence-corrected chi connectivity index (χ3v) is 4.60. The number of aryl methyl sites for hydroxylation is 3. The summed E-state index contributed by atoms with van der Waals surface area (Å²) in [6, 6.07) is 9.52. The van der Waals surface area contributed by atoms with Crippen molar-refractivity contribution in [2.75, 3.05) is 11.9 Å². The molecule has 0 fully saturated rings. The molecule has 1 amide bonds. The molecule has 0 saturated carbocycles. The molecule has 0 aliphatic heterocycles. The van der Waals surface area contributed by atoms with E-state index in [9.17, 15) is 4.79 Å². The first-order chi connectivity index (χ1) is 12.7. The average Bonchev–Trinajstić information content (AvgIpc) is 2.56. The molecule has 0 spiro atoms. The van der Waals surface area contributed by atoms with Crippen molar-refractivity contribution in [3.8, 4) is 5.75 Å². The highest BCUT2D eigenvalue weighted by atomic mass is 79.9. The molecule has 144 valence electrons. The molecule has 2 aromatic carbocycles. The first-order valence-electron chi connectivity index (χ1n) is 8.80. The van der Waals surface area contributed by atoms with Crippen LogP contribution in [0.4, 0.5) is 5.69 Å². The Morgan fingerprint density at radius 3 is 2.37 bits per heavy atom. The summed E-state index contributed by atoms with van der Waals surface area (Å²) in [6.07, 6.45) is 0. The van der Waals surface area contributed by atoms with Gasteiger partial charge in [-0.15, -0.1) is 0 Å². The van der Waals surface area contributed by atoms with Crippen molar-refractivity contribution < 1.29 is 9.53 Å². The maximum Gasteiger partial charge on any atom is 0.261 e. The van der Waals surface area contributed by atoms with Crippen LogP contribution in [0.15, 0.2) is 34.8 Å². The number of ether oxygens (including phenoxy) is 1. The standard InChI is InChI=1S/C21H25BrN2O2S/c1-12(2)11-26-18-7-6-16(22)10-17(18)20(25)24-21(27)23-19-14(4)8-13(3)9-15(19)5/h6-10,12H,11H2,1-5H3,(H2,23,24,25,27). The van der Waals surface area contributed by atoms with E-state index in [-0.39, 0.29) is 11.0 Å². The van der Waals surface area contributed by atoms with Crippen molar-refractivity contribution in [2.45, 2.75) is 34.6 Å². The molecule has 0 aliphatic rings. The summed E-state index contributed by atoms with van der Waals surface area (Å²) >= 11 is 8.76. The van der Waals surface area contributed by atoms with E-state index in [2.05, 4.69) is 59.5 Å². The van der Waals surface area contributed by atoms with Gasteiger partial charge in [0.05, 0.1) is 12.2 Å². The number of hydrogen-bond donors (Lipinski definition) is 2. The molecule has 2 aromatic rings. The second kappa shape index (κ2) is 9.33. The highest BCUT2D eigenvalue weighted by Crippen LogP contribution is 2.25. The van der Waals surface area contributed by atoms with Gasteiger partial charge in [-0.05, 0) is 68.2 Å². The lowest BCUT2D eigenvalue weighted by molar-refractivity contribution is 0.0973. The van der Waals surface area contributed by atoms with E-state index >= 15 is 0 Å². The van der Waals surface area contributed by atoms with Gasteiger partial charge in [0.1, 0.15) is 5.75 Å². The molecule has 0 heterocycles. The van der Waals surface area contributed by atoms with Crippen molar-refractivity contribution in [3.63, 3.8) is 0 Å². The molecule has 4 nitrogen and oxygen atoms in total. The number of hydrogen-bond acceptors (Lipinski definition) is 3. The number of carbonyl (C=O) groups excluding carboxylic acids is 1. The SMILES string of the molecule is Cc1cc(C)c(NC(=S)NC(=O)c2cc(Br)ccc2OCC(C)C)c(C)c1. The summed E-state index contributed by atoms with van der Waals surface area (Å²) in [7, 11) is 0. The Morgan fingerprint density at radius 2 is 1.78 bits per heavy atom. The highest BCUT2D eigenvalue weighted by molar-refractivity contribution is 9.10. The second-order valence-electron chi connectivity index (χ2n) is 7.03. The van der Waals surface area contributed by atoms with Crippen LogP contribution in [0.3, 0.4) is 0 Å². The van der Waals surface area contributed by atoms with Gasteiger partial charge in [0, 0.05) is 10.2 Å². The molecule has 0 atom stereocenters. The molecular formula is C21H25BrN2O2S. The summed E-state index contributed by atoms with van der Waals surface area (Å²) in [5, 5.41) is 6.14. The molecular weight excluding hydrogens is 424 g/mol. The van der Waals surface area contributed by atoms with E-state index in [0.717, 1.165) is 21.3 Å². The highest BCUT2D eigenvalue weighted by Gasteiger charge is 2.16. The van der Waals surface area contributed by atoms with Gasteiger partial charge in [-0.3, -0.25) is 10.1 Å². The molecule has 0 saturated heterocycles. The Labute approximate surface area is 174 Å². The van der Waals surface area contributed by atoms with Crippen LogP contribution in [0, 0.1) is 26.7 Å². The molecule has 6 heteroatoms. The quantitative estimate of drug-likeness (QED) is 0.589. The average molecular weight is 449 g/mol. The fourth-order valence-corrected chi connectivity index (χ4v) is 3.31. The summed E-state index contributed by atoms with van der Waals surface area (Å²) in [5.74, 6) is 0.588. The Hall–Kier alpha value is -1.92. The summed E-state index contributed by atoms with van der Waals surface area (Å²) < 4.78 is 6.58. The van der Waals surface area contributed by atoms with Crippen molar-refractivity contribution in [3.05, 3.63) is 57.1 Å². The topological polar surface area (TPSA) is 50.4 Å². The molecule has 0 aromatic heterocycles. The largest absolute Gasteiger partial charge is 0.492 e. The minimum Gasteiger partial charge on any atom is -0.492 e. The van der Waals surface area contributed by atoms with Crippen LogP contribution in [-0.4, -0.2) is 17.6 Å². The Bertz CT molecular complexity index is 842. The van der Waals surface area contributed by atoms with E-state index in [1.54, 1.807) is 12.1 Å². The Kier molecular flexibility index (Phi) is 7.39. The zero-order valence-corrected chi connectivity index (χ0v) is 18.7. The van der Waals surface area contributed by atoms with Gasteiger partial charge in [0.15, 0.2) is 5.11 Å². The van der Waals surface area contributed by atoms with Gasteiger partial charge in [-0.2, -0.15) is 0 Å². The van der Waals surface area contributed by atoms with Gasteiger partial charge in [0.2, 0.25) is 0 Å². The summed E-state index contributed by atoms with van der Waals surface area (Å²) in [6.45, 7) is 10.7. The molecule has 0 radical (unpaired) electrons. The van der Waals surface area contributed by atoms with E-state index < -0.39 is 0 Å². The maximum absolute atomic E-state index is 12.7. The van der Waals surface area contributed by atoms with Crippen LogP contribution >= 0.6 is 28.1 Å². The number of carbonyl (C=O) groups is 1. The Balaban J connectivity index is 2.15. The van der Waals surface area contributed by atoms with Crippen LogP contribution in [-0.2, 0) is 0 Å². The fraction of sp³-hybridized carbons (Fsp3) is 0.333. The third-order valence-electron chi connectivity index (χ3n) is 3.90.